The van der Waals surface area contributed by atoms with Crippen molar-refractivity contribution in [2.45, 2.75) is 13.1 Å². The molecule has 1 heterocycles. The molecule has 0 bridgehead atoms. The largest absolute Gasteiger partial charge is 0.490 e. The van der Waals surface area contributed by atoms with Crippen molar-refractivity contribution in [3.05, 3.63) is 59.9 Å². The van der Waals surface area contributed by atoms with Gasteiger partial charge in [-0.2, -0.15) is 18.4 Å². The maximum atomic E-state index is 12.5. The van der Waals surface area contributed by atoms with E-state index in [1.165, 1.54) is 12.1 Å². The predicted octanol–water partition coefficient (Wildman–Crippen LogP) is 4.89. The molecule has 3 aromatic rings. The summed E-state index contributed by atoms with van der Waals surface area (Å²) in [5, 5.41) is 18.0. The van der Waals surface area contributed by atoms with Crippen LogP contribution in [-0.4, -0.2) is 34.2 Å². The van der Waals surface area contributed by atoms with Gasteiger partial charge >= 0.3 is 6.18 Å². The third-order valence-corrected chi connectivity index (χ3v) is 4.24. The number of nitrogens with zero attached hydrogens (tertiary/aromatic N) is 4. The van der Waals surface area contributed by atoms with E-state index >= 15 is 0 Å². The van der Waals surface area contributed by atoms with Crippen molar-refractivity contribution < 1.29 is 22.6 Å². The Labute approximate surface area is 177 Å². The second-order valence-corrected chi connectivity index (χ2v) is 6.49. The summed E-state index contributed by atoms with van der Waals surface area (Å²) in [5.41, 5.74) is 1.64. The van der Waals surface area contributed by atoms with Crippen LogP contribution in [0.5, 0.6) is 11.5 Å². The van der Waals surface area contributed by atoms with Gasteiger partial charge in [0, 0.05) is 12.6 Å². The maximum Gasteiger partial charge on any atom is 0.422 e. The molecule has 0 spiro atoms. The van der Waals surface area contributed by atoms with Crippen molar-refractivity contribution in [1.82, 2.24) is 14.8 Å². The van der Waals surface area contributed by atoms with E-state index in [4.69, 9.17) is 9.47 Å². The Morgan fingerprint density at radius 3 is 2.48 bits per heavy atom. The fourth-order valence-electron chi connectivity index (χ4n) is 2.88. The van der Waals surface area contributed by atoms with Crippen LogP contribution >= 0.6 is 0 Å². The molecule has 0 atom stereocenters. The van der Waals surface area contributed by atoms with Gasteiger partial charge in [0.05, 0.1) is 12.2 Å². The standard InChI is InChI=1S/C22H19F3N4O2/c1-3-30-19-12-15(9-10-18(19)31-14-22(23,24)25)11-17(13-26)21-28-27-20(29(21)2)16-7-5-4-6-8-16/h4-12H,3,14H2,1-2H3/b17-11-. The first-order valence-electron chi connectivity index (χ1n) is 9.35. The molecular formula is C22H19F3N4O2. The fourth-order valence-corrected chi connectivity index (χ4v) is 2.88. The molecule has 0 aliphatic heterocycles. The summed E-state index contributed by atoms with van der Waals surface area (Å²) in [7, 11) is 1.75. The molecule has 0 saturated heterocycles. The van der Waals surface area contributed by atoms with E-state index in [0.717, 1.165) is 5.56 Å². The highest BCUT2D eigenvalue weighted by atomic mass is 19.4. The molecule has 31 heavy (non-hydrogen) atoms. The Morgan fingerprint density at radius 1 is 1.10 bits per heavy atom. The van der Waals surface area contributed by atoms with Crippen molar-refractivity contribution in [3.8, 4) is 29.0 Å². The van der Waals surface area contributed by atoms with Crippen molar-refractivity contribution in [2.75, 3.05) is 13.2 Å². The minimum atomic E-state index is -4.46. The molecule has 160 valence electrons. The topological polar surface area (TPSA) is 73.0 Å². The zero-order valence-electron chi connectivity index (χ0n) is 16.8. The molecule has 0 radical (unpaired) electrons. The van der Waals surface area contributed by atoms with Gasteiger partial charge in [-0.25, -0.2) is 0 Å². The van der Waals surface area contributed by atoms with Crippen LogP contribution in [0.4, 0.5) is 13.2 Å². The van der Waals surface area contributed by atoms with E-state index < -0.39 is 12.8 Å². The molecule has 0 aliphatic carbocycles. The molecule has 0 saturated carbocycles. The Hall–Kier alpha value is -3.80. The lowest BCUT2D eigenvalue weighted by molar-refractivity contribution is -0.153. The number of halogens is 3. The average molecular weight is 428 g/mol. The molecule has 6 nitrogen and oxygen atoms in total. The highest BCUT2D eigenvalue weighted by Gasteiger charge is 2.29. The molecule has 0 fully saturated rings. The van der Waals surface area contributed by atoms with E-state index in [1.807, 2.05) is 30.3 Å². The minimum absolute atomic E-state index is 0.0279. The number of hydrogen-bond acceptors (Lipinski definition) is 5. The summed E-state index contributed by atoms with van der Waals surface area (Å²) >= 11 is 0. The molecular weight excluding hydrogens is 409 g/mol. The fraction of sp³-hybridized carbons (Fsp3) is 0.227. The van der Waals surface area contributed by atoms with Crippen LogP contribution in [0, 0.1) is 11.3 Å². The van der Waals surface area contributed by atoms with E-state index in [0.29, 0.717) is 17.2 Å². The normalized spacial score (nSPS) is 11.8. The highest BCUT2D eigenvalue weighted by Crippen LogP contribution is 2.31. The third kappa shape index (κ3) is 5.42. The van der Waals surface area contributed by atoms with Crippen LogP contribution in [0.15, 0.2) is 48.5 Å². The molecule has 2 aromatic carbocycles. The zero-order valence-corrected chi connectivity index (χ0v) is 16.8. The minimum Gasteiger partial charge on any atom is -0.490 e. The Bertz CT molecular complexity index is 1120. The lowest BCUT2D eigenvalue weighted by Gasteiger charge is -2.14. The van der Waals surface area contributed by atoms with Gasteiger partial charge in [-0.05, 0) is 30.7 Å². The summed E-state index contributed by atoms with van der Waals surface area (Å²) in [5.74, 6) is 1.08. The van der Waals surface area contributed by atoms with E-state index in [-0.39, 0.29) is 23.7 Å². The molecule has 0 amide bonds. The van der Waals surface area contributed by atoms with Gasteiger partial charge in [-0.3, -0.25) is 0 Å². The van der Waals surface area contributed by atoms with E-state index in [9.17, 15) is 18.4 Å². The average Bonchev–Trinajstić information content (AvgIpc) is 3.13. The molecule has 0 aliphatic rings. The number of aromatic nitrogens is 3. The summed E-state index contributed by atoms with van der Waals surface area (Å²) in [6, 6.07) is 16.0. The summed E-state index contributed by atoms with van der Waals surface area (Å²) in [4.78, 5) is 0. The number of hydrogen-bond donors (Lipinski definition) is 0. The van der Waals surface area contributed by atoms with Crippen LogP contribution in [0.1, 0.15) is 18.3 Å². The lowest BCUT2D eigenvalue weighted by Crippen LogP contribution is -2.19. The quantitative estimate of drug-likeness (QED) is 0.501. The molecule has 1 aromatic heterocycles. The number of benzene rings is 2. The van der Waals surface area contributed by atoms with Crippen LogP contribution in [0.3, 0.4) is 0 Å². The van der Waals surface area contributed by atoms with Crippen molar-refractivity contribution in [1.29, 1.82) is 5.26 Å². The van der Waals surface area contributed by atoms with Crippen LogP contribution in [-0.2, 0) is 7.05 Å². The Morgan fingerprint density at radius 2 is 1.84 bits per heavy atom. The van der Waals surface area contributed by atoms with Crippen molar-refractivity contribution in [3.63, 3.8) is 0 Å². The summed E-state index contributed by atoms with van der Waals surface area (Å²) in [6.07, 6.45) is -2.90. The van der Waals surface area contributed by atoms with Gasteiger partial charge in [0.2, 0.25) is 0 Å². The number of allylic oxidation sites excluding steroid dienone is 1. The zero-order chi connectivity index (χ0) is 22.4. The predicted molar refractivity (Wildman–Crippen MR) is 109 cm³/mol. The second kappa shape index (κ2) is 9.34. The van der Waals surface area contributed by atoms with Crippen molar-refractivity contribution in [2.24, 2.45) is 7.05 Å². The van der Waals surface area contributed by atoms with Crippen LogP contribution < -0.4 is 9.47 Å². The first-order chi connectivity index (χ1) is 14.8. The number of ether oxygens (including phenoxy) is 2. The van der Waals surface area contributed by atoms with Gasteiger partial charge < -0.3 is 14.0 Å². The van der Waals surface area contributed by atoms with Gasteiger partial charge in [-0.1, -0.05) is 36.4 Å². The van der Waals surface area contributed by atoms with E-state index in [1.54, 1.807) is 30.7 Å². The van der Waals surface area contributed by atoms with Crippen molar-refractivity contribution >= 4 is 11.6 Å². The Kier molecular flexibility index (Phi) is 6.60. The molecule has 0 N–H and O–H groups in total. The molecule has 0 unspecified atom stereocenters. The summed E-state index contributed by atoms with van der Waals surface area (Å²) in [6.45, 7) is 0.526. The third-order valence-electron chi connectivity index (χ3n) is 4.24. The van der Waals surface area contributed by atoms with Gasteiger partial charge in [0.1, 0.15) is 6.07 Å². The lowest BCUT2D eigenvalue weighted by atomic mass is 10.1. The smallest absolute Gasteiger partial charge is 0.422 e. The van der Waals surface area contributed by atoms with Crippen LogP contribution in [0.25, 0.3) is 23.0 Å². The molecule has 3 rings (SSSR count). The number of nitriles is 1. The SMILES string of the molecule is CCOc1cc(/C=C(/C#N)c2nnc(-c3ccccc3)n2C)ccc1OCC(F)(F)F. The highest BCUT2D eigenvalue weighted by molar-refractivity contribution is 5.88. The van der Waals surface area contributed by atoms with E-state index in [2.05, 4.69) is 16.3 Å². The monoisotopic (exact) mass is 428 g/mol. The van der Waals surface area contributed by atoms with Gasteiger partial charge in [0.15, 0.2) is 29.8 Å². The number of rotatable bonds is 7. The Balaban J connectivity index is 1.93. The van der Waals surface area contributed by atoms with Gasteiger partial charge in [0.25, 0.3) is 0 Å². The first kappa shape index (κ1) is 21.9. The van der Waals surface area contributed by atoms with Gasteiger partial charge in [-0.15, -0.1) is 10.2 Å². The van der Waals surface area contributed by atoms with Crippen LogP contribution in [0.2, 0.25) is 0 Å². The molecule has 9 heteroatoms. The maximum absolute atomic E-state index is 12.5. The number of alkyl halides is 3. The summed E-state index contributed by atoms with van der Waals surface area (Å²) < 4.78 is 49.4. The first-order valence-corrected chi connectivity index (χ1v) is 9.35. The second-order valence-electron chi connectivity index (χ2n) is 6.49.